The quantitative estimate of drug-likeness (QED) is 0.0678. The van der Waals surface area contributed by atoms with Gasteiger partial charge in [-0.05, 0) is 36.5 Å². The molecule has 0 aliphatic carbocycles. The minimum absolute atomic E-state index is 0.0172. The van der Waals surface area contributed by atoms with Gasteiger partial charge in [-0.3, -0.25) is 24.2 Å². The summed E-state index contributed by atoms with van der Waals surface area (Å²) in [6.07, 6.45) is 0.242. The van der Waals surface area contributed by atoms with E-state index in [1.807, 2.05) is 0 Å². The van der Waals surface area contributed by atoms with E-state index in [0.29, 0.717) is 6.42 Å². The average molecular weight is 573 g/mol. The van der Waals surface area contributed by atoms with Crippen molar-refractivity contribution < 1.29 is 28.7 Å². The molecule has 4 amide bonds. The number of aromatic hydroxyl groups is 1. The Morgan fingerprint density at radius 1 is 0.902 bits per heavy atom. The third kappa shape index (κ3) is 11.9. The van der Waals surface area contributed by atoms with Crippen molar-refractivity contribution in [2.75, 3.05) is 13.1 Å². The van der Waals surface area contributed by atoms with Gasteiger partial charge in [-0.25, -0.2) is 4.39 Å². The predicted octanol–water partition coefficient (Wildman–Crippen LogP) is -1.34. The zero-order valence-electron chi connectivity index (χ0n) is 22.5. The van der Waals surface area contributed by atoms with Gasteiger partial charge >= 0.3 is 0 Å². The molecule has 13 nitrogen and oxygen atoms in total. The Labute approximate surface area is 236 Å². The second kappa shape index (κ2) is 16.4. The molecule has 41 heavy (non-hydrogen) atoms. The minimum Gasteiger partial charge on any atom is -0.508 e. The number of amides is 4. The lowest BCUT2D eigenvalue weighted by Crippen LogP contribution is -2.56. The Kier molecular flexibility index (Phi) is 13.0. The molecule has 0 aromatic heterocycles. The highest BCUT2D eigenvalue weighted by atomic mass is 19.1. The fourth-order valence-corrected chi connectivity index (χ4v) is 3.85. The average Bonchev–Trinajstić information content (AvgIpc) is 2.91. The first-order valence-electron chi connectivity index (χ1n) is 12.9. The number of benzene rings is 2. The van der Waals surface area contributed by atoms with E-state index in [0.717, 1.165) is 11.6 Å². The lowest BCUT2D eigenvalue weighted by Gasteiger charge is -2.24. The largest absolute Gasteiger partial charge is 0.508 e. The van der Waals surface area contributed by atoms with Crippen molar-refractivity contribution in [2.45, 2.75) is 50.2 Å². The third-order valence-corrected chi connectivity index (χ3v) is 5.98. The van der Waals surface area contributed by atoms with E-state index in [-0.39, 0.29) is 56.0 Å². The molecule has 0 radical (unpaired) electrons. The first-order valence-corrected chi connectivity index (χ1v) is 12.9. The number of hydrogen-bond acceptors (Lipinski definition) is 7. The Bertz CT molecular complexity index is 1220. The SMILES string of the molecule is NC(=O)CCNC(=O)[C@H](Cc1ccccc1)NC(=O)[C@@H](CCCN=C(N)N)NC(=O)[C@@H](N)Cc1ccc(O)cc1F. The van der Waals surface area contributed by atoms with Crippen LogP contribution in [0.25, 0.3) is 0 Å². The number of hydrogen-bond donors (Lipinski definition) is 8. The molecule has 2 aromatic rings. The monoisotopic (exact) mass is 572 g/mol. The zero-order chi connectivity index (χ0) is 30.4. The van der Waals surface area contributed by atoms with Crippen molar-refractivity contribution >= 4 is 29.6 Å². The van der Waals surface area contributed by atoms with Crippen molar-refractivity contribution in [1.82, 2.24) is 16.0 Å². The van der Waals surface area contributed by atoms with Gasteiger partial charge in [0.15, 0.2) is 5.96 Å². The van der Waals surface area contributed by atoms with Gasteiger partial charge in [0.05, 0.1) is 6.04 Å². The van der Waals surface area contributed by atoms with E-state index in [4.69, 9.17) is 22.9 Å². The van der Waals surface area contributed by atoms with Crippen molar-refractivity contribution in [3.63, 3.8) is 0 Å². The molecule has 222 valence electrons. The van der Waals surface area contributed by atoms with Gasteiger partial charge in [-0.1, -0.05) is 36.4 Å². The van der Waals surface area contributed by atoms with E-state index in [1.165, 1.54) is 12.1 Å². The molecule has 0 spiro atoms. The first-order chi connectivity index (χ1) is 19.5. The Morgan fingerprint density at radius 3 is 2.22 bits per heavy atom. The number of rotatable bonds is 16. The van der Waals surface area contributed by atoms with Crippen LogP contribution in [0.5, 0.6) is 5.75 Å². The van der Waals surface area contributed by atoms with Crippen LogP contribution in [-0.2, 0) is 32.0 Å². The molecular weight excluding hydrogens is 535 g/mol. The van der Waals surface area contributed by atoms with Gasteiger partial charge in [-0.15, -0.1) is 0 Å². The van der Waals surface area contributed by atoms with Gasteiger partial charge in [0.1, 0.15) is 23.7 Å². The Morgan fingerprint density at radius 2 is 1.59 bits per heavy atom. The molecule has 0 fully saturated rings. The minimum atomic E-state index is -1.22. The van der Waals surface area contributed by atoms with Gasteiger partial charge in [-0.2, -0.15) is 0 Å². The summed E-state index contributed by atoms with van der Waals surface area (Å²) in [5.41, 5.74) is 22.7. The summed E-state index contributed by atoms with van der Waals surface area (Å²) < 4.78 is 14.2. The van der Waals surface area contributed by atoms with Crippen LogP contribution in [0.2, 0.25) is 0 Å². The second-order valence-electron chi connectivity index (χ2n) is 9.35. The van der Waals surface area contributed by atoms with E-state index < -0.39 is 47.6 Å². The molecular formula is C27H37FN8O5. The highest BCUT2D eigenvalue weighted by molar-refractivity contribution is 5.93. The number of nitrogens with one attached hydrogen (secondary N) is 3. The molecule has 0 saturated carbocycles. The maximum atomic E-state index is 14.2. The maximum absolute atomic E-state index is 14.2. The Balaban J connectivity index is 2.18. The third-order valence-electron chi connectivity index (χ3n) is 5.98. The summed E-state index contributed by atoms with van der Waals surface area (Å²) >= 11 is 0. The number of halogens is 1. The molecule has 0 saturated heterocycles. The number of phenolic OH excluding ortho intramolecular Hbond substituents is 1. The first kappa shape index (κ1) is 32.5. The number of phenols is 1. The standard InChI is InChI=1S/C27H37FN8O5/c28-19-15-18(37)9-8-17(19)14-20(29)24(39)35-21(7-4-11-34-27(31)32)26(41)36-22(13-16-5-2-1-3-6-16)25(40)33-12-10-23(30)38/h1-3,5-6,8-9,15,20-22,37H,4,7,10-14,29H2,(H2,30,38)(H,33,40)(H,35,39)(H,36,41)(H4,31,32,34)/t20-,21+,22-/m0/s1. The number of primary amides is 1. The number of nitrogens with zero attached hydrogens (tertiary/aromatic N) is 1. The molecule has 2 aromatic carbocycles. The highest BCUT2D eigenvalue weighted by Crippen LogP contribution is 2.16. The lowest BCUT2D eigenvalue weighted by atomic mass is 10.0. The molecule has 14 heteroatoms. The lowest BCUT2D eigenvalue weighted by molar-refractivity contribution is -0.132. The van der Waals surface area contributed by atoms with Crippen molar-refractivity contribution in [1.29, 1.82) is 0 Å². The number of carbonyl (C=O) groups is 4. The smallest absolute Gasteiger partial charge is 0.243 e. The number of aliphatic imine (C=N–C) groups is 1. The molecule has 0 heterocycles. The number of guanidine groups is 1. The molecule has 3 atom stereocenters. The fraction of sp³-hybridized carbons (Fsp3) is 0.370. The van der Waals surface area contributed by atoms with E-state index in [1.54, 1.807) is 30.3 Å². The van der Waals surface area contributed by atoms with Crippen LogP contribution in [0, 0.1) is 5.82 Å². The number of carbonyl (C=O) groups excluding carboxylic acids is 4. The van der Waals surface area contributed by atoms with Crippen molar-refractivity contribution in [2.24, 2.45) is 27.9 Å². The van der Waals surface area contributed by atoms with Crippen LogP contribution in [0.3, 0.4) is 0 Å². The second-order valence-corrected chi connectivity index (χ2v) is 9.35. The van der Waals surface area contributed by atoms with Crippen LogP contribution < -0.4 is 38.9 Å². The van der Waals surface area contributed by atoms with Gasteiger partial charge in [0, 0.05) is 32.0 Å². The summed E-state index contributed by atoms with van der Waals surface area (Å²) in [6, 6.07) is 9.01. The van der Waals surface area contributed by atoms with Crippen LogP contribution in [-0.4, -0.2) is 65.9 Å². The van der Waals surface area contributed by atoms with Crippen LogP contribution in [0.1, 0.15) is 30.4 Å². The Hall–Kier alpha value is -4.72. The fourth-order valence-electron chi connectivity index (χ4n) is 3.85. The summed E-state index contributed by atoms with van der Waals surface area (Å²) in [4.78, 5) is 54.2. The molecule has 2 rings (SSSR count). The van der Waals surface area contributed by atoms with E-state index in [9.17, 15) is 28.7 Å². The maximum Gasteiger partial charge on any atom is 0.243 e. The summed E-state index contributed by atoms with van der Waals surface area (Å²) in [7, 11) is 0. The van der Waals surface area contributed by atoms with Crippen LogP contribution in [0.15, 0.2) is 53.5 Å². The summed E-state index contributed by atoms with van der Waals surface area (Å²) in [6.45, 7) is 0.157. The van der Waals surface area contributed by atoms with Gasteiger partial charge in [0.2, 0.25) is 23.6 Å². The topological polar surface area (TPSA) is 241 Å². The zero-order valence-corrected chi connectivity index (χ0v) is 22.5. The molecule has 0 unspecified atom stereocenters. The van der Waals surface area contributed by atoms with E-state index in [2.05, 4.69) is 20.9 Å². The summed E-state index contributed by atoms with van der Waals surface area (Å²) in [5.74, 6) is -3.68. The van der Waals surface area contributed by atoms with Crippen LogP contribution in [0.4, 0.5) is 4.39 Å². The highest BCUT2D eigenvalue weighted by Gasteiger charge is 2.28. The van der Waals surface area contributed by atoms with E-state index >= 15 is 0 Å². The van der Waals surface area contributed by atoms with Gasteiger partial charge < -0.3 is 44.0 Å². The van der Waals surface area contributed by atoms with Crippen LogP contribution >= 0.6 is 0 Å². The molecule has 12 N–H and O–H groups in total. The van der Waals surface area contributed by atoms with Crippen molar-refractivity contribution in [3.05, 3.63) is 65.5 Å². The molecule has 0 aliphatic heterocycles. The summed E-state index contributed by atoms with van der Waals surface area (Å²) in [5, 5.41) is 17.2. The molecule has 0 bridgehead atoms. The van der Waals surface area contributed by atoms with Crippen molar-refractivity contribution in [3.8, 4) is 5.75 Å². The normalized spacial score (nSPS) is 12.8. The number of nitrogens with two attached hydrogens (primary N) is 4. The predicted molar refractivity (Wildman–Crippen MR) is 150 cm³/mol. The van der Waals surface area contributed by atoms with Gasteiger partial charge in [0.25, 0.3) is 0 Å². The molecule has 0 aliphatic rings.